The molecule has 0 aliphatic carbocycles. The largest absolute Gasteiger partial charge is 0.338 e. The van der Waals surface area contributed by atoms with Crippen molar-refractivity contribution in [2.75, 3.05) is 26.2 Å². The molecule has 0 bridgehead atoms. The van der Waals surface area contributed by atoms with Crippen molar-refractivity contribution in [2.24, 2.45) is 0 Å². The van der Waals surface area contributed by atoms with E-state index in [1.54, 1.807) is 6.92 Å². The highest BCUT2D eigenvalue weighted by Crippen LogP contribution is 2.30. The summed E-state index contributed by atoms with van der Waals surface area (Å²) in [7, 11) is 0. The zero-order valence-electron chi connectivity index (χ0n) is 17.8. The highest BCUT2D eigenvalue weighted by atomic mass is 16.2. The summed E-state index contributed by atoms with van der Waals surface area (Å²) in [6.07, 6.45) is 8.96. The van der Waals surface area contributed by atoms with Gasteiger partial charge in [0.2, 0.25) is 11.8 Å². The average molecular weight is 400 g/mol. The van der Waals surface area contributed by atoms with Gasteiger partial charge in [0.1, 0.15) is 0 Å². The number of amides is 2. The van der Waals surface area contributed by atoms with E-state index in [1.165, 1.54) is 19.3 Å². The fraction of sp³-hybridized carbons (Fsp3) is 0.727. The molecule has 3 aliphatic heterocycles. The number of carbonyl (C=O) groups is 2. The Kier molecular flexibility index (Phi) is 6.13. The molecule has 7 heteroatoms. The van der Waals surface area contributed by atoms with Crippen LogP contribution in [0.3, 0.4) is 0 Å². The van der Waals surface area contributed by atoms with Crippen LogP contribution in [0.5, 0.6) is 0 Å². The Morgan fingerprint density at radius 3 is 2.79 bits per heavy atom. The van der Waals surface area contributed by atoms with Crippen molar-refractivity contribution in [1.82, 2.24) is 24.7 Å². The second-order valence-corrected chi connectivity index (χ2v) is 8.77. The maximum Gasteiger partial charge on any atom is 0.224 e. The summed E-state index contributed by atoms with van der Waals surface area (Å²) in [6.45, 7) is 7.98. The number of nitrogens with zero attached hydrogens (tertiary/aromatic N) is 5. The Balaban J connectivity index is 1.36. The lowest BCUT2D eigenvalue weighted by atomic mass is 10.0. The molecule has 1 aromatic heterocycles. The normalized spacial score (nSPS) is 25.2. The van der Waals surface area contributed by atoms with Crippen LogP contribution in [0.1, 0.15) is 75.5 Å². The Morgan fingerprint density at radius 1 is 1.14 bits per heavy atom. The minimum Gasteiger partial charge on any atom is -0.338 e. The second kappa shape index (κ2) is 8.78. The molecule has 2 saturated heterocycles. The van der Waals surface area contributed by atoms with Gasteiger partial charge in [0, 0.05) is 63.7 Å². The van der Waals surface area contributed by atoms with E-state index in [9.17, 15) is 9.59 Å². The monoisotopic (exact) mass is 399 g/mol. The van der Waals surface area contributed by atoms with Crippen LogP contribution >= 0.6 is 0 Å². The number of likely N-dealkylation sites (tertiary alicyclic amines) is 2. The van der Waals surface area contributed by atoms with E-state index in [0.717, 1.165) is 62.5 Å². The highest BCUT2D eigenvalue weighted by molar-refractivity contribution is 5.76. The van der Waals surface area contributed by atoms with Crippen LogP contribution in [-0.4, -0.2) is 68.7 Å². The fourth-order valence-electron chi connectivity index (χ4n) is 5.00. The zero-order chi connectivity index (χ0) is 20.4. The van der Waals surface area contributed by atoms with E-state index in [0.29, 0.717) is 19.0 Å². The maximum atomic E-state index is 12.8. The van der Waals surface area contributed by atoms with Crippen LogP contribution in [0, 0.1) is 0 Å². The third kappa shape index (κ3) is 4.44. The number of hydrogen-bond donors (Lipinski definition) is 0. The first-order chi connectivity index (χ1) is 14.0. The van der Waals surface area contributed by atoms with Crippen molar-refractivity contribution in [3.8, 4) is 0 Å². The molecule has 0 spiro atoms. The van der Waals surface area contributed by atoms with Gasteiger partial charge in [-0.1, -0.05) is 6.42 Å². The summed E-state index contributed by atoms with van der Waals surface area (Å²) in [6, 6.07) is 0.597. The summed E-state index contributed by atoms with van der Waals surface area (Å²) in [4.78, 5) is 40.3. The van der Waals surface area contributed by atoms with Gasteiger partial charge in [0.25, 0.3) is 0 Å². The standard InChI is InChI=1S/C22H33N5O2/c1-16-6-3-4-10-25(16)13-9-21(29)26-12-8-19-18(15-26)14-23-22(24-19)20-7-5-11-27(20)17(2)28/h14,16,20H,3-13,15H2,1-2H3/t16-,20+/m1/s1. The van der Waals surface area contributed by atoms with E-state index in [4.69, 9.17) is 4.98 Å². The maximum absolute atomic E-state index is 12.8. The van der Waals surface area contributed by atoms with Crippen molar-refractivity contribution < 1.29 is 9.59 Å². The Morgan fingerprint density at radius 2 is 2.00 bits per heavy atom. The van der Waals surface area contributed by atoms with Gasteiger partial charge in [0.05, 0.1) is 11.7 Å². The molecule has 0 unspecified atom stereocenters. The van der Waals surface area contributed by atoms with Crippen molar-refractivity contribution in [3.63, 3.8) is 0 Å². The number of fused-ring (bicyclic) bond motifs is 1. The lowest BCUT2D eigenvalue weighted by molar-refractivity contribution is -0.133. The zero-order valence-corrected chi connectivity index (χ0v) is 17.8. The molecule has 0 N–H and O–H groups in total. The van der Waals surface area contributed by atoms with Gasteiger partial charge in [-0.2, -0.15) is 0 Å². The van der Waals surface area contributed by atoms with Crippen molar-refractivity contribution >= 4 is 11.8 Å². The van der Waals surface area contributed by atoms with Gasteiger partial charge in [0.15, 0.2) is 5.82 Å². The average Bonchev–Trinajstić information content (AvgIpc) is 3.22. The SMILES string of the molecule is CC(=O)N1CCC[C@H]1c1ncc2c(n1)CCN(C(=O)CCN1CCCC[C@H]1C)C2. The van der Waals surface area contributed by atoms with Gasteiger partial charge >= 0.3 is 0 Å². The predicted octanol–water partition coefficient (Wildman–Crippen LogP) is 2.31. The van der Waals surface area contributed by atoms with Crippen LogP contribution < -0.4 is 0 Å². The smallest absolute Gasteiger partial charge is 0.224 e. The van der Waals surface area contributed by atoms with Gasteiger partial charge in [-0.25, -0.2) is 9.97 Å². The predicted molar refractivity (Wildman–Crippen MR) is 110 cm³/mol. The van der Waals surface area contributed by atoms with Crippen molar-refractivity contribution in [1.29, 1.82) is 0 Å². The molecule has 7 nitrogen and oxygen atoms in total. The Labute approximate surface area is 173 Å². The second-order valence-electron chi connectivity index (χ2n) is 8.77. The molecule has 4 heterocycles. The van der Waals surface area contributed by atoms with Gasteiger partial charge in [-0.15, -0.1) is 0 Å². The molecule has 158 valence electrons. The molecule has 2 fully saturated rings. The summed E-state index contributed by atoms with van der Waals surface area (Å²) >= 11 is 0. The summed E-state index contributed by atoms with van der Waals surface area (Å²) in [5.41, 5.74) is 2.09. The lowest BCUT2D eigenvalue weighted by Gasteiger charge is -2.34. The minimum atomic E-state index is 0.00370. The number of hydrogen-bond acceptors (Lipinski definition) is 5. The third-order valence-corrected chi connectivity index (χ3v) is 6.81. The molecule has 29 heavy (non-hydrogen) atoms. The van der Waals surface area contributed by atoms with Crippen molar-refractivity contribution in [2.45, 2.75) is 77.4 Å². The van der Waals surface area contributed by atoms with E-state index >= 15 is 0 Å². The van der Waals surface area contributed by atoms with Crippen LogP contribution in [-0.2, 0) is 22.6 Å². The molecule has 0 aromatic carbocycles. The minimum absolute atomic E-state index is 0.00370. The van der Waals surface area contributed by atoms with E-state index in [1.807, 2.05) is 16.0 Å². The molecule has 0 radical (unpaired) electrons. The van der Waals surface area contributed by atoms with Gasteiger partial charge in [-0.3, -0.25) is 9.59 Å². The molecule has 0 saturated carbocycles. The third-order valence-electron chi connectivity index (χ3n) is 6.81. The summed E-state index contributed by atoms with van der Waals surface area (Å²) in [5, 5.41) is 0. The first-order valence-corrected chi connectivity index (χ1v) is 11.2. The molecule has 2 amide bonds. The van der Waals surface area contributed by atoms with Crippen LogP contribution in [0.4, 0.5) is 0 Å². The van der Waals surface area contributed by atoms with Crippen molar-refractivity contribution in [3.05, 3.63) is 23.3 Å². The molecule has 1 aromatic rings. The quantitative estimate of drug-likeness (QED) is 0.777. The Hall–Kier alpha value is -2.02. The summed E-state index contributed by atoms with van der Waals surface area (Å²) in [5.74, 6) is 1.08. The van der Waals surface area contributed by atoms with E-state index in [2.05, 4.69) is 16.8 Å². The number of rotatable bonds is 4. The molecular formula is C22H33N5O2. The number of carbonyl (C=O) groups excluding carboxylic acids is 2. The number of piperidine rings is 1. The van der Waals surface area contributed by atoms with Crippen LogP contribution in [0.2, 0.25) is 0 Å². The highest BCUT2D eigenvalue weighted by Gasteiger charge is 2.31. The topological polar surface area (TPSA) is 69.6 Å². The van der Waals surface area contributed by atoms with Gasteiger partial charge in [-0.05, 0) is 39.2 Å². The number of aromatic nitrogens is 2. The van der Waals surface area contributed by atoms with Crippen LogP contribution in [0.15, 0.2) is 6.20 Å². The Bertz CT molecular complexity index is 768. The molecule has 2 atom stereocenters. The first-order valence-electron chi connectivity index (χ1n) is 11.2. The van der Waals surface area contributed by atoms with Crippen LogP contribution in [0.25, 0.3) is 0 Å². The van der Waals surface area contributed by atoms with E-state index in [-0.39, 0.29) is 17.9 Å². The molecule has 3 aliphatic rings. The molecular weight excluding hydrogens is 366 g/mol. The fourth-order valence-corrected chi connectivity index (χ4v) is 5.00. The molecule has 4 rings (SSSR count). The lowest BCUT2D eigenvalue weighted by Crippen LogP contribution is -2.42. The first kappa shape index (κ1) is 20.3. The summed E-state index contributed by atoms with van der Waals surface area (Å²) < 4.78 is 0. The van der Waals surface area contributed by atoms with Gasteiger partial charge < -0.3 is 14.7 Å². The van der Waals surface area contributed by atoms with E-state index < -0.39 is 0 Å².